The van der Waals surface area contributed by atoms with E-state index in [0.717, 1.165) is 12.3 Å². The van der Waals surface area contributed by atoms with Gasteiger partial charge < -0.3 is 0 Å². The molecule has 3 heterocycles. The van der Waals surface area contributed by atoms with Crippen LogP contribution in [-0.4, -0.2) is 24.7 Å². The molecule has 0 atom stereocenters. The number of halogens is 5. The Labute approximate surface area is 151 Å². The van der Waals surface area contributed by atoms with E-state index in [-0.39, 0.29) is 11.4 Å². The average molecular weight is 426 g/mol. The second kappa shape index (κ2) is 5.90. The molecule has 26 heavy (non-hydrogen) atoms. The van der Waals surface area contributed by atoms with Crippen molar-refractivity contribution in [2.45, 2.75) is 6.18 Å². The minimum absolute atomic E-state index is 0.0478. The summed E-state index contributed by atoms with van der Waals surface area (Å²) in [5, 5.41) is 7.40. The van der Waals surface area contributed by atoms with Crippen molar-refractivity contribution in [2.24, 2.45) is 0 Å². The normalized spacial score (nSPS) is 12.0. The third-order valence-electron chi connectivity index (χ3n) is 3.74. The van der Waals surface area contributed by atoms with Crippen LogP contribution in [-0.2, 0) is 6.18 Å². The summed E-state index contributed by atoms with van der Waals surface area (Å²) in [6.07, 6.45) is -1.03. The lowest BCUT2D eigenvalue weighted by Gasteiger charge is -2.09. The van der Waals surface area contributed by atoms with Gasteiger partial charge in [-0.1, -0.05) is 0 Å². The van der Waals surface area contributed by atoms with Crippen molar-refractivity contribution in [1.82, 2.24) is 24.7 Å². The lowest BCUT2D eigenvalue weighted by atomic mass is 10.2. The van der Waals surface area contributed by atoms with Crippen LogP contribution in [0, 0.1) is 5.95 Å². The van der Waals surface area contributed by atoms with Gasteiger partial charge in [-0.25, -0.2) is 9.97 Å². The van der Waals surface area contributed by atoms with Crippen molar-refractivity contribution >= 4 is 26.8 Å². The van der Waals surface area contributed by atoms with Gasteiger partial charge in [0.25, 0.3) is 0 Å². The molecule has 3 aromatic heterocycles. The predicted octanol–water partition coefficient (Wildman–Crippen LogP) is 4.73. The van der Waals surface area contributed by atoms with E-state index in [1.54, 1.807) is 18.3 Å². The summed E-state index contributed by atoms with van der Waals surface area (Å²) < 4.78 is 54.9. The zero-order valence-electron chi connectivity index (χ0n) is 12.7. The van der Waals surface area contributed by atoms with Gasteiger partial charge in [-0.2, -0.15) is 22.7 Å². The molecule has 0 saturated carbocycles. The molecule has 10 heteroatoms. The van der Waals surface area contributed by atoms with Gasteiger partial charge in [0.2, 0.25) is 5.95 Å². The van der Waals surface area contributed by atoms with Gasteiger partial charge in [-0.15, -0.1) is 0 Å². The lowest BCUT2D eigenvalue weighted by Crippen LogP contribution is -2.05. The number of aromatic amines is 1. The predicted molar refractivity (Wildman–Crippen MR) is 89.1 cm³/mol. The van der Waals surface area contributed by atoms with Crippen LogP contribution >= 0.6 is 15.9 Å². The number of aromatic nitrogens is 5. The van der Waals surface area contributed by atoms with Crippen LogP contribution in [0.15, 0.2) is 47.3 Å². The quantitative estimate of drug-likeness (QED) is 0.373. The van der Waals surface area contributed by atoms with Gasteiger partial charge >= 0.3 is 6.18 Å². The number of fused-ring (bicyclic) bond motifs is 1. The molecule has 4 rings (SSSR count). The van der Waals surface area contributed by atoms with Crippen LogP contribution in [0.5, 0.6) is 0 Å². The summed E-state index contributed by atoms with van der Waals surface area (Å²) in [6.45, 7) is 0. The number of hydrogen-bond donors (Lipinski definition) is 1. The molecule has 4 aromatic rings. The number of nitrogens with one attached hydrogen (secondary N) is 1. The van der Waals surface area contributed by atoms with E-state index in [0.29, 0.717) is 21.1 Å². The largest absolute Gasteiger partial charge is 0.434 e. The van der Waals surface area contributed by atoms with Gasteiger partial charge in [0.05, 0.1) is 11.7 Å². The third-order valence-corrected chi connectivity index (χ3v) is 4.37. The van der Waals surface area contributed by atoms with E-state index in [4.69, 9.17) is 0 Å². The fraction of sp³-hybridized carbons (Fsp3) is 0.0625. The minimum Gasteiger partial charge on any atom is -0.299 e. The SMILES string of the molecule is Fc1cc(-c2nc(C(F)(F)F)cn2-c2cc(Br)c3[nH]ncc3c2)ccn1. The summed E-state index contributed by atoms with van der Waals surface area (Å²) in [5.41, 5.74) is 0.229. The molecule has 0 fully saturated rings. The van der Waals surface area contributed by atoms with Crippen molar-refractivity contribution in [2.75, 3.05) is 0 Å². The summed E-state index contributed by atoms with van der Waals surface area (Å²) in [6, 6.07) is 5.72. The number of rotatable bonds is 2. The standard InChI is InChI=1S/C16H8BrF4N5/c17-11-5-10(3-9-6-23-25-14(9)11)26-7-12(16(19,20)21)24-15(26)8-1-2-22-13(18)4-8/h1-7H,(H,23,25). The van der Waals surface area contributed by atoms with Crippen LogP contribution in [0.4, 0.5) is 17.6 Å². The first-order chi connectivity index (χ1) is 12.3. The minimum atomic E-state index is -4.64. The molecule has 0 unspecified atom stereocenters. The van der Waals surface area contributed by atoms with Gasteiger partial charge in [-0.05, 0) is 34.1 Å². The highest BCUT2D eigenvalue weighted by molar-refractivity contribution is 9.10. The van der Waals surface area contributed by atoms with E-state index in [9.17, 15) is 17.6 Å². The van der Waals surface area contributed by atoms with Gasteiger partial charge in [-0.3, -0.25) is 9.67 Å². The monoisotopic (exact) mass is 425 g/mol. The maximum atomic E-state index is 13.5. The van der Waals surface area contributed by atoms with E-state index in [2.05, 4.69) is 36.1 Å². The van der Waals surface area contributed by atoms with Gasteiger partial charge in [0.15, 0.2) is 5.69 Å². The molecule has 0 aliphatic carbocycles. The first-order valence-corrected chi connectivity index (χ1v) is 8.04. The highest BCUT2D eigenvalue weighted by Crippen LogP contribution is 2.34. The van der Waals surface area contributed by atoms with Crippen LogP contribution < -0.4 is 0 Å². The number of H-pyrrole nitrogens is 1. The topological polar surface area (TPSA) is 59.4 Å². The zero-order chi connectivity index (χ0) is 18.5. The molecule has 0 amide bonds. The highest BCUT2D eigenvalue weighted by Gasteiger charge is 2.35. The molecule has 0 saturated heterocycles. The Balaban J connectivity index is 1.98. The van der Waals surface area contributed by atoms with Crippen LogP contribution in [0.2, 0.25) is 0 Å². The van der Waals surface area contributed by atoms with Crippen LogP contribution in [0.1, 0.15) is 5.69 Å². The Hall–Kier alpha value is -2.75. The molecule has 0 spiro atoms. The van der Waals surface area contributed by atoms with Crippen molar-refractivity contribution in [1.29, 1.82) is 0 Å². The first-order valence-electron chi connectivity index (χ1n) is 7.24. The average Bonchev–Trinajstić information content (AvgIpc) is 3.21. The number of alkyl halides is 3. The molecule has 0 bridgehead atoms. The van der Waals surface area contributed by atoms with E-state index in [1.807, 2.05) is 0 Å². The van der Waals surface area contributed by atoms with Crippen molar-refractivity contribution in [3.8, 4) is 17.1 Å². The molecule has 0 aliphatic rings. The van der Waals surface area contributed by atoms with Gasteiger partial charge in [0.1, 0.15) is 5.82 Å². The molecule has 1 N–H and O–H groups in total. The van der Waals surface area contributed by atoms with E-state index in [1.165, 1.54) is 16.8 Å². The Morgan fingerprint density at radius 3 is 2.69 bits per heavy atom. The van der Waals surface area contributed by atoms with E-state index < -0.39 is 17.8 Å². The summed E-state index contributed by atoms with van der Waals surface area (Å²) in [7, 11) is 0. The Morgan fingerprint density at radius 1 is 1.15 bits per heavy atom. The molecule has 0 aliphatic heterocycles. The van der Waals surface area contributed by atoms with Crippen molar-refractivity contribution in [3.63, 3.8) is 0 Å². The second-order valence-electron chi connectivity index (χ2n) is 5.45. The second-order valence-corrected chi connectivity index (χ2v) is 6.30. The molecule has 0 radical (unpaired) electrons. The third kappa shape index (κ3) is 2.85. The fourth-order valence-corrected chi connectivity index (χ4v) is 3.15. The summed E-state index contributed by atoms with van der Waals surface area (Å²) >= 11 is 3.37. The number of imidazole rings is 1. The van der Waals surface area contributed by atoms with Crippen LogP contribution in [0.25, 0.3) is 28.0 Å². The number of hydrogen-bond acceptors (Lipinski definition) is 3. The van der Waals surface area contributed by atoms with Crippen molar-refractivity contribution in [3.05, 3.63) is 59.0 Å². The molecule has 1 aromatic carbocycles. The van der Waals surface area contributed by atoms with Crippen LogP contribution in [0.3, 0.4) is 0 Å². The number of nitrogens with zero attached hydrogens (tertiary/aromatic N) is 4. The Morgan fingerprint density at radius 2 is 1.96 bits per heavy atom. The van der Waals surface area contributed by atoms with Crippen molar-refractivity contribution < 1.29 is 17.6 Å². The zero-order valence-corrected chi connectivity index (χ0v) is 14.3. The highest BCUT2D eigenvalue weighted by atomic mass is 79.9. The summed E-state index contributed by atoms with van der Waals surface area (Å²) in [5.74, 6) is -0.856. The van der Waals surface area contributed by atoms with Gasteiger partial charge in [0, 0.05) is 39.6 Å². The Bertz CT molecular complexity index is 1120. The van der Waals surface area contributed by atoms with E-state index >= 15 is 0 Å². The maximum absolute atomic E-state index is 13.5. The number of benzene rings is 1. The molecular weight excluding hydrogens is 418 g/mol. The first kappa shape index (κ1) is 16.7. The smallest absolute Gasteiger partial charge is 0.299 e. The lowest BCUT2D eigenvalue weighted by molar-refractivity contribution is -0.140. The molecule has 5 nitrogen and oxygen atoms in total. The molecule has 132 valence electrons. The Kier molecular flexibility index (Phi) is 3.79. The molecular formula is C16H8BrF4N5. The summed E-state index contributed by atoms with van der Waals surface area (Å²) in [4.78, 5) is 7.10. The fourth-order valence-electron chi connectivity index (χ4n) is 2.60. The maximum Gasteiger partial charge on any atom is 0.434 e. The number of pyridine rings is 1.